The van der Waals surface area contributed by atoms with E-state index < -0.39 is 5.97 Å². The van der Waals surface area contributed by atoms with E-state index in [4.69, 9.17) is 0 Å². The van der Waals surface area contributed by atoms with Gasteiger partial charge < -0.3 is 4.74 Å². The monoisotopic (exact) mass is 372 g/mol. The number of carbonyl (C=O) groups excluding carboxylic acids is 2. The summed E-state index contributed by atoms with van der Waals surface area (Å²) in [4.78, 5) is 28.2. The maximum atomic E-state index is 11.7. The number of anilines is 1. The van der Waals surface area contributed by atoms with Gasteiger partial charge >= 0.3 is 5.97 Å². The van der Waals surface area contributed by atoms with Crippen LogP contribution in [-0.2, 0) is 9.53 Å². The van der Waals surface area contributed by atoms with Gasteiger partial charge in [0.15, 0.2) is 5.13 Å². The maximum Gasteiger partial charge on any atom is 0.349 e. The number of thiazole rings is 1. The van der Waals surface area contributed by atoms with E-state index >= 15 is 0 Å². The first kappa shape index (κ1) is 14.9. The first-order valence-electron chi connectivity index (χ1n) is 5.37. The third-order valence-corrected chi connectivity index (χ3v) is 4.60. The number of esters is 1. The van der Waals surface area contributed by atoms with Gasteiger partial charge in [0.1, 0.15) is 4.88 Å². The number of ether oxygens (including phenoxy) is 1. The summed E-state index contributed by atoms with van der Waals surface area (Å²) < 4.78 is 5.56. The van der Waals surface area contributed by atoms with Crippen LogP contribution in [0.25, 0.3) is 6.08 Å². The van der Waals surface area contributed by atoms with Gasteiger partial charge in [0, 0.05) is 11.0 Å². The lowest BCUT2D eigenvalue weighted by atomic mass is 10.4. The average Bonchev–Trinajstić information content (AvgIpc) is 3.05. The molecule has 0 unspecified atom stereocenters. The summed E-state index contributed by atoms with van der Waals surface area (Å²) in [5, 5.41) is 2.94. The van der Waals surface area contributed by atoms with Crippen molar-refractivity contribution in [3.8, 4) is 0 Å². The molecule has 0 spiro atoms. The number of rotatable bonds is 4. The van der Waals surface area contributed by atoms with Crippen molar-refractivity contribution in [1.29, 1.82) is 0 Å². The molecule has 1 amide bonds. The fourth-order valence-electron chi connectivity index (χ4n) is 1.25. The van der Waals surface area contributed by atoms with Gasteiger partial charge in [-0.25, -0.2) is 9.78 Å². The van der Waals surface area contributed by atoms with E-state index in [2.05, 4.69) is 31.0 Å². The first-order chi connectivity index (χ1) is 9.58. The van der Waals surface area contributed by atoms with Crippen molar-refractivity contribution in [2.75, 3.05) is 12.4 Å². The number of nitrogens with one attached hydrogen (secondary N) is 1. The van der Waals surface area contributed by atoms with Gasteiger partial charge in [-0.3, -0.25) is 10.1 Å². The Hall–Kier alpha value is -1.51. The van der Waals surface area contributed by atoms with Crippen LogP contribution in [0.2, 0.25) is 0 Å². The van der Waals surface area contributed by atoms with Crippen LogP contribution in [0.15, 0.2) is 28.2 Å². The predicted octanol–water partition coefficient (Wildman–Crippen LogP) is 3.41. The Bertz CT molecular complexity index is 663. The SMILES string of the molecule is COC(=O)c1cnc(NC(=O)/C=C/c2ccc(Br)s2)s1. The minimum atomic E-state index is -0.470. The van der Waals surface area contributed by atoms with Gasteiger partial charge in [-0.05, 0) is 34.1 Å². The third kappa shape index (κ3) is 3.99. The number of nitrogens with zero attached hydrogens (tertiary/aromatic N) is 1. The summed E-state index contributed by atoms with van der Waals surface area (Å²) in [5.74, 6) is -0.776. The van der Waals surface area contributed by atoms with Crippen molar-refractivity contribution in [2.45, 2.75) is 0 Å². The van der Waals surface area contributed by atoms with E-state index in [1.165, 1.54) is 30.7 Å². The molecule has 20 heavy (non-hydrogen) atoms. The summed E-state index contributed by atoms with van der Waals surface area (Å²) in [6, 6.07) is 3.81. The van der Waals surface area contributed by atoms with Crippen molar-refractivity contribution in [2.24, 2.45) is 0 Å². The first-order valence-corrected chi connectivity index (χ1v) is 7.79. The molecular formula is C12H9BrN2O3S2. The summed E-state index contributed by atoms with van der Waals surface area (Å²) in [6.07, 6.45) is 4.49. The Morgan fingerprint density at radius 2 is 2.20 bits per heavy atom. The quantitative estimate of drug-likeness (QED) is 0.659. The smallest absolute Gasteiger partial charge is 0.349 e. The third-order valence-electron chi connectivity index (χ3n) is 2.12. The van der Waals surface area contributed by atoms with Gasteiger partial charge in [0.05, 0.1) is 17.1 Å². The molecule has 0 radical (unpaired) electrons. The summed E-state index contributed by atoms with van der Waals surface area (Å²) in [6.45, 7) is 0. The molecular weight excluding hydrogens is 364 g/mol. The predicted molar refractivity (Wildman–Crippen MR) is 83.1 cm³/mol. The highest BCUT2D eigenvalue weighted by Crippen LogP contribution is 2.23. The van der Waals surface area contributed by atoms with Gasteiger partial charge in [0.2, 0.25) is 5.91 Å². The van der Waals surface area contributed by atoms with Crippen molar-refractivity contribution < 1.29 is 14.3 Å². The lowest BCUT2D eigenvalue weighted by molar-refractivity contribution is -0.111. The number of hydrogen-bond acceptors (Lipinski definition) is 6. The summed E-state index contributed by atoms with van der Waals surface area (Å²) in [5.41, 5.74) is 0. The minimum absolute atomic E-state index is 0.305. The van der Waals surface area contributed by atoms with Crippen molar-refractivity contribution >= 4 is 61.7 Å². The van der Waals surface area contributed by atoms with Gasteiger partial charge in [-0.2, -0.15) is 0 Å². The zero-order valence-corrected chi connectivity index (χ0v) is 13.5. The topological polar surface area (TPSA) is 68.3 Å². The molecule has 0 aliphatic carbocycles. The lowest BCUT2D eigenvalue weighted by Crippen LogP contribution is -2.06. The number of thiophene rings is 1. The van der Waals surface area contributed by atoms with E-state index in [-0.39, 0.29) is 5.91 Å². The highest BCUT2D eigenvalue weighted by molar-refractivity contribution is 9.11. The molecule has 2 aromatic rings. The number of amides is 1. The zero-order chi connectivity index (χ0) is 14.5. The molecule has 2 rings (SSSR count). The highest BCUT2D eigenvalue weighted by Gasteiger charge is 2.11. The van der Waals surface area contributed by atoms with Gasteiger partial charge in [0.25, 0.3) is 0 Å². The molecule has 0 bridgehead atoms. The molecule has 8 heteroatoms. The van der Waals surface area contributed by atoms with E-state index in [1.807, 2.05) is 12.1 Å². The molecule has 104 valence electrons. The Balaban J connectivity index is 1.96. The molecule has 0 aromatic carbocycles. The van der Waals surface area contributed by atoms with Gasteiger partial charge in [-0.1, -0.05) is 11.3 Å². The fourth-order valence-corrected chi connectivity index (χ4v) is 3.31. The Labute approximate surface area is 131 Å². The average molecular weight is 373 g/mol. The molecule has 1 N–H and O–H groups in total. The van der Waals surface area contributed by atoms with Crippen LogP contribution >= 0.6 is 38.6 Å². The summed E-state index contributed by atoms with van der Waals surface area (Å²) >= 11 is 5.93. The van der Waals surface area contributed by atoms with Crippen LogP contribution in [0.3, 0.4) is 0 Å². The summed E-state index contributed by atoms with van der Waals surface area (Å²) in [7, 11) is 1.29. The minimum Gasteiger partial charge on any atom is -0.465 e. The number of aromatic nitrogens is 1. The second-order valence-corrected chi connectivity index (χ2v) is 7.01. The van der Waals surface area contributed by atoms with E-state index in [9.17, 15) is 9.59 Å². The molecule has 5 nitrogen and oxygen atoms in total. The molecule has 2 heterocycles. The molecule has 0 aliphatic rings. The molecule has 0 saturated heterocycles. The van der Waals surface area contributed by atoms with Crippen LogP contribution in [0.5, 0.6) is 0 Å². The van der Waals surface area contributed by atoms with E-state index in [0.717, 1.165) is 20.0 Å². The van der Waals surface area contributed by atoms with E-state index in [1.54, 1.807) is 6.08 Å². The largest absolute Gasteiger partial charge is 0.465 e. The van der Waals surface area contributed by atoms with Crippen LogP contribution in [0.4, 0.5) is 5.13 Å². The Kier molecular flexibility index (Phi) is 5.05. The Morgan fingerprint density at radius 3 is 2.85 bits per heavy atom. The standard InChI is InChI=1S/C12H9BrN2O3S2/c1-18-11(17)8-6-14-12(20-8)15-10(16)5-3-7-2-4-9(13)19-7/h2-6H,1H3,(H,14,15,16)/b5-3+. The van der Waals surface area contributed by atoms with Crippen LogP contribution < -0.4 is 5.32 Å². The van der Waals surface area contributed by atoms with Crippen molar-refractivity contribution in [3.63, 3.8) is 0 Å². The van der Waals surface area contributed by atoms with Crippen molar-refractivity contribution in [3.05, 3.63) is 37.9 Å². The van der Waals surface area contributed by atoms with Gasteiger partial charge in [-0.15, -0.1) is 11.3 Å². The zero-order valence-electron chi connectivity index (χ0n) is 10.3. The number of carbonyl (C=O) groups is 2. The molecule has 0 saturated carbocycles. The van der Waals surface area contributed by atoms with Crippen LogP contribution in [-0.4, -0.2) is 24.0 Å². The maximum absolute atomic E-state index is 11.7. The Morgan fingerprint density at radius 1 is 1.40 bits per heavy atom. The van der Waals surface area contributed by atoms with E-state index in [0.29, 0.717) is 10.0 Å². The second-order valence-electron chi connectivity index (χ2n) is 3.49. The fraction of sp³-hybridized carbons (Fsp3) is 0.0833. The van der Waals surface area contributed by atoms with Crippen molar-refractivity contribution in [1.82, 2.24) is 4.98 Å². The normalized spacial score (nSPS) is 10.7. The number of halogens is 1. The van der Waals surface area contributed by atoms with Crippen LogP contribution in [0, 0.1) is 0 Å². The lowest BCUT2D eigenvalue weighted by Gasteiger charge is -1.95. The number of hydrogen-bond donors (Lipinski definition) is 1. The molecule has 0 atom stereocenters. The number of methoxy groups -OCH3 is 1. The van der Waals surface area contributed by atoms with Crippen LogP contribution in [0.1, 0.15) is 14.5 Å². The molecule has 0 fully saturated rings. The highest BCUT2D eigenvalue weighted by atomic mass is 79.9. The molecule has 0 aliphatic heterocycles. The molecule has 2 aromatic heterocycles. The second kappa shape index (κ2) is 6.78.